The summed E-state index contributed by atoms with van der Waals surface area (Å²) in [6, 6.07) is 9.68. The Hall–Kier alpha value is -2.57. The highest BCUT2D eigenvalue weighted by molar-refractivity contribution is 5.43. The summed E-state index contributed by atoms with van der Waals surface area (Å²) < 4.78 is 1.42. The number of fused-ring (bicyclic) bond motifs is 1. The summed E-state index contributed by atoms with van der Waals surface area (Å²) in [7, 11) is 1.99. The fraction of sp³-hybridized carbons (Fsp3) is 0.250. The summed E-state index contributed by atoms with van der Waals surface area (Å²) in [5, 5.41) is 15.5. The third kappa shape index (κ3) is 2.49. The van der Waals surface area contributed by atoms with Crippen LogP contribution in [0.1, 0.15) is 5.69 Å². The van der Waals surface area contributed by atoms with Crippen molar-refractivity contribution >= 4 is 11.5 Å². The first-order chi connectivity index (χ1) is 9.33. The molecule has 96 valence electrons. The minimum atomic E-state index is 0.641. The first kappa shape index (κ1) is 11.5. The summed E-state index contributed by atoms with van der Waals surface area (Å²) in [6.45, 7) is 0.831. The zero-order chi connectivity index (χ0) is 13.1. The Morgan fingerprint density at radius 1 is 1.21 bits per heavy atom. The number of nitrogens with zero attached hydrogens (tertiary/aromatic N) is 7. The molecule has 0 fully saturated rings. The van der Waals surface area contributed by atoms with Crippen LogP contribution in [0.4, 0.5) is 5.82 Å². The Balaban J connectivity index is 1.71. The van der Waals surface area contributed by atoms with Crippen LogP contribution < -0.4 is 4.90 Å². The number of aromatic nitrogens is 6. The van der Waals surface area contributed by atoms with Gasteiger partial charge in [0.2, 0.25) is 0 Å². The second-order valence-corrected chi connectivity index (χ2v) is 4.21. The van der Waals surface area contributed by atoms with Gasteiger partial charge in [0.05, 0.1) is 0 Å². The van der Waals surface area contributed by atoms with Crippen LogP contribution in [-0.4, -0.2) is 43.8 Å². The fourth-order valence-electron chi connectivity index (χ4n) is 1.79. The molecular weight excluding hydrogens is 242 g/mol. The maximum Gasteiger partial charge on any atom is 0.200 e. The van der Waals surface area contributed by atoms with E-state index in [-0.39, 0.29) is 0 Å². The van der Waals surface area contributed by atoms with E-state index in [2.05, 4.69) is 30.5 Å². The normalized spacial score (nSPS) is 10.8. The number of likely N-dealkylation sites (N-methyl/N-ethyl adjacent to an activating group) is 1. The van der Waals surface area contributed by atoms with Crippen LogP contribution in [0.15, 0.2) is 36.5 Å². The van der Waals surface area contributed by atoms with E-state index in [1.54, 1.807) is 6.20 Å². The molecule has 0 aliphatic heterocycles. The van der Waals surface area contributed by atoms with E-state index in [0.29, 0.717) is 5.65 Å². The molecule has 0 radical (unpaired) electrons. The van der Waals surface area contributed by atoms with Crippen molar-refractivity contribution < 1.29 is 0 Å². The molecule has 0 saturated carbocycles. The molecule has 19 heavy (non-hydrogen) atoms. The third-order valence-electron chi connectivity index (χ3n) is 2.88. The Morgan fingerprint density at radius 2 is 2.16 bits per heavy atom. The van der Waals surface area contributed by atoms with Gasteiger partial charge < -0.3 is 4.90 Å². The lowest BCUT2D eigenvalue weighted by atomic mass is 10.2. The van der Waals surface area contributed by atoms with E-state index in [1.165, 1.54) is 4.63 Å². The third-order valence-corrected chi connectivity index (χ3v) is 2.88. The summed E-state index contributed by atoms with van der Waals surface area (Å²) >= 11 is 0. The van der Waals surface area contributed by atoms with Gasteiger partial charge in [-0.25, -0.2) is 0 Å². The lowest BCUT2D eigenvalue weighted by molar-refractivity contribution is 0.718. The molecule has 0 atom stereocenters. The van der Waals surface area contributed by atoms with Crippen LogP contribution in [0, 0.1) is 0 Å². The first-order valence-corrected chi connectivity index (χ1v) is 5.99. The topological polar surface area (TPSA) is 72.1 Å². The van der Waals surface area contributed by atoms with Crippen molar-refractivity contribution in [2.24, 2.45) is 0 Å². The molecule has 3 aromatic rings. The van der Waals surface area contributed by atoms with Gasteiger partial charge in [0.25, 0.3) is 0 Å². The monoisotopic (exact) mass is 255 g/mol. The van der Waals surface area contributed by atoms with Gasteiger partial charge in [-0.1, -0.05) is 6.07 Å². The number of hydrogen-bond donors (Lipinski definition) is 0. The quantitative estimate of drug-likeness (QED) is 0.679. The van der Waals surface area contributed by atoms with Gasteiger partial charge in [-0.2, -0.15) is 0 Å². The molecule has 7 nitrogen and oxygen atoms in total. The maximum absolute atomic E-state index is 4.33. The summed E-state index contributed by atoms with van der Waals surface area (Å²) in [5.41, 5.74) is 1.71. The number of hydrogen-bond acceptors (Lipinski definition) is 6. The van der Waals surface area contributed by atoms with Gasteiger partial charge in [-0.3, -0.25) is 4.98 Å². The van der Waals surface area contributed by atoms with Gasteiger partial charge in [0.15, 0.2) is 11.5 Å². The van der Waals surface area contributed by atoms with Crippen molar-refractivity contribution in [3.8, 4) is 0 Å². The maximum atomic E-state index is 4.33. The molecule has 3 heterocycles. The molecule has 0 aliphatic rings. The van der Waals surface area contributed by atoms with Crippen LogP contribution >= 0.6 is 0 Å². The molecule has 0 saturated heterocycles. The standard InChI is InChI=1S/C12H13N7/c1-18(9-7-10-4-2-3-8-13-10)12-6-5-11-14-16-17-19(11)15-12/h2-6,8H,7,9H2,1H3. The molecule has 3 aromatic heterocycles. The Kier molecular flexibility index (Phi) is 3.01. The van der Waals surface area contributed by atoms with E-state index in [9.17, 15) is 0 Å². The van der Waals surface area contributed by atoms with Gasteiger partial charge in [-0.15, -0.1) is 14.8 Å². The molecule has 0 spiro atoms. The van der Waals surface area contributed by atoms with Crippen molar-refractivity contribution in [2.75, 3.05) is 18.5 Å². The van der Waals surface area contributed by atoms with Crippen molar-refractivity contribution in [1.82, 2.24) is 30.2 Å². The second-order valence-electron chi connectivity index (χ2n) is 4.21. The second kappa shape index (κ2) is 4.97. The van der Waals surface area contributed by atoms with Gasteiger partial charge in [-0.05, 0) is 34.7 Å². The minimum Gasteiger partial charge on any atom is -0.358 e. The van der Waals surface area contributed by atoms with Crippen LogP contribution in [0.2, 0.25) is 0 Å². The van der Waals surface area contributed by atoms with Crippen molar-refractivity contribution in [1.29, 1.82) is 0 Å². The molecule has 0 aliphatic carbocycles. The Bertz CT molecular complexity index is 664. The molecule has 7 heteroatoms. The van der Waals surface area contributed by atoms with Crippen molar-refractivity contribution in [2.45, 2.75) is 6.42 Å². The highest BCUT2D eigenvalue weighted by Crippen LogP contribution is 2.09. The SMILES string of the molecule is CN(CCc1ccccn1)c1ccc2nnnn2n1. The highest BCUT2D eigenvalue weighted by Gasteiger charge is 2.06. The number of tetrazole rings is 1. The van der Waals surface area contributed by atoms with Crippen LogP contribution in [0.5, 0.6) is 0 Å². The smallest absolute Gasteiger partial charge is 0.200 e. The number of rotatable bonds is 4. The lowest BCUT2D eigenvalue weighted by Gasteiger charge is -2.17. The number of pyridine rings is 1. The molecule has 0 aromatic carbocycles. The van der Waals surface area contributed by atoms with Crippen LogP contribution in [0.3, 0.4) is 0 Å². The highest BCUT2D eigenvalue weighted by atomic mass is 15.6. The zero-order valence-corrected chi connectivity index (χ0v) is 10.5. The summed E-state index contributed by atoms with van der Waals surface area (Å²) in [5.74, 6) is 0.829. The molecule has 0 unspecified atom stereocenters. The van der Waals surface area contributed by atoms with E-state index in [1.807, 2.05) is 37.4 Å². The van der Waals surface area contributed by atoms with Gasteiger partial charge in [0.1, 0.15) is 0 Å². The zero-order valence-electron chi connectivity index (χ0n) is 10.5. The number of anilines is 1. The van der Waals surface area contributed by atoms with Crippen molar-refractivity contribution in [3.05, 3.63) is 42.2 Å². The fourth-order valence-corrected chi connectivity index (χ4v) is 1.79. The van der Waals surface area contributed by atoms with Crippen molar-refractivity contribution in [3.63, 3.8) is 0 Å². The summed E-state index contributed by atoms with van der Waals surface area (Å²) in [6.07, 6.45) is 2.67. The van der Waals surface area contributed by atoms with Crippen LogP contribution in [-0.2, 0) is 6.42 Å². The molecule has 0 N–H and O–H groups in total. The molecule has 3 rings (SSSR count). The Morgan fingerprint density at radius 3 is 3.00 bits per heavy atom. The molecule has 0 bridgehead atoms. The van der Waals surface area contributed by atoms with Gasteiger partial charge in [0, 0.05) is 31.9 Å². The average molecular weight is 255 g/mol. The van der Waals surface area contributed by atoms with Crippen LogP contribution in [0.25, 0.3) is 5.65 Å². The minimum absolute atomic E-state index is 0.641. The largest absolute Gasteiger partial charge is 0.358 e. The predicted octanol–water partition coefficient (Wildman–Crippen LogP) is 0.593. The Labute approximate surface area is 109 Å². The lowest BCUT2D eigenvalue weighted by Crippen LogP contribution is -2.22. The predicted molar refractivity (Wildman–Crippen MR) is 69.8 cm³/mol. The van der Waals surface area contributed by atoms with E-state index >= 15 is 0 Å². The average Bonchev–Trinajstić information content (AvgIpc) is 2.93. The molecular formula is C12H13N7. The van der Waals surface area contributed by atoms with E-state index < -0.39 is 0 Å². The molecule has 0 amide bonds. The van der Waals surface area contributed by atoms with E-state index in [0.717, 1.165) is 24.5 Å². The van der Waals surface area contributed by atoms with E-state index in [4.69, 9.17) is 0 Å². The first-order valence-electron chi connectivity index (χ1n) is 5.99. The van der Waals surface area contributed by atoms with Gasteiger partial charge >= 0.3 is 0 Å². The summed E-state index contributed by atoms with van der Waals surface area (Å²) in [4.78, 5) is 6.35.